The van der Waals surface area contributed by atoms with Crippen LogP contribution in [0.3, 0.4) is 0 Å². The van der Waals surface area contributed by atoms with Gasteiger partial charge in [0, 0.05) is 11.0 Å². The average Bonchev–Trinajstić information content (AvgIpc) is 2.73. The molecular formula is C18H26N2O. The highest BCUT2D eigenvalue weighted by Crippen LogP contribution is 2.27. The number of aromatic nitrogens is 2. The predicted molar refractivity (Wildman–Crippen MR) is 88.4 cm³/mol. The van der Waals surface area contributed by atoms with Crippen molar-refractivity contribution in [2.45, 2.75) is 59.3 Å². The minimum atomic E-state index is -0.0774. The fourth-order valence-corrected chi connectivity index (χ4v) is 2.80. The van der Waals surface area contributed by atoms with E-state index in [-0.39, 0.29) is 11.0 Å². The molecule has 0 saturated carbocycles. The number of aromatic amines is 1. The van der Waals surface area contributed by atoms with E-state index in [0.29, 0.717) is 0 Å². The summed E-state index contributed by atoms with van der Waals surface area (Å²) in [4.78, 5) is 12.4. The Morgan fingerprint density at radius 1 is 1.24 bits per heavy atom. The molecule has 0 amide bonds. The van der Waals surface area contributed by atoms with Gasteiger partial charge in [0.25, 0.3) is 5.56 Å². The molecule has 0 bridgehead atoms. The Kier molecular flexibility index (Phi) is 4.40. The van der Waals surface area contributed by atoms with Crippen LogP contribution in [-0.4, -0.2) is 9.78 Å². The topological polar surface area (TPSA) is 37.8 Å². The lowest BCUT2D eigenvalue weighted by atomic mass is 9.87. The predicted octanol–water partition coefficient (Wildman–Crippen LogP) is 4.11. The number of unbranched alkanes of at least 4 members (excludes halogenated alkanes) is 1. The van der Waals surface area contributed by atoms with Crippen LogP contribution in [-0.2, 0) is 11.8 Å². The van der Waals surface area contributed by atoms with Gasteiger partial charge in [-0.05, 0) is 37.5 Å². The highest BCUT2D eigenvalue weighted by molar-refractivity contribution is 5.40. The fourth-order valence-electron chi connectivity index (χ4n) is 2.80. The maximum absolute atomic E-state index is 12.4. The van der Waals surface area contributed by atoms with Gasteiger partial charge in [0.1, 0.15) is 0 Å². The Balaban J connectivity index is 2.64. The van der Waals surface area contributed by atoms with Crippen LogP contribution in [0.25, 0.3) is 5.69 Å². The number of rotatable bonds is 4. The van der Waals surface area contributed by atoms with Crippen LogP contribution in [0.1, 0.15) is 57.4 Å². The second-order valence-electron chi connectivity index (χ2n) is 6.80. The number of nitrogens with zero attached hydrogens (tertiary/aromatic N) is 1. The summed E-state index contributed by atoms with van der Waals surface area (Å²) in [6.45, 7) is 10.7. The number of H-pyrrole nitrogens is 1. The van der Waals surface area contributed by atoms with Gasteiger partial charge in [-0.2, -0.15) is 0 Å². The second-order valence-corrected chi connectivity index (χ2v) is 6.80. The number of aryl methyl sites for hydroxylation is 1. The van der Waals surface area contributed by atoms with Crippen LogP contribution in [0, 0.1) is 6.92 Å². The standard InChI is InChI=1S/C18H26N2O/c1-6-7-11-15-16(18(3,4)5)20(19-17(15)21)14-10-8-9-13(2)12-14/h8-10,12H,6-7,11H2,1-5H3,(H,19,21). The molecule has 0 fully saturated rings. The normalized spacial score (nSPS) is 11.9. The molecule has 0 unspecified atom stereocenters. The smallest absolute Gasteiger partial charge is 0.267 e. The highest BCUT2D eigenvalue weighted by atomic mass is 16.1. The number of benzene rings is 1. The Labute approximate surface area is 127 Å². The van der Waals surface area contributed by atoms with Gasteiger partial charge in [0.15, 0.2) is 0 Å². The zero-order valence-corrected chi connectivity index (χ0v) is 13.8. The third-order valence-electron chi connectivity index (χ3n) is 3.75. The first-order chi connectivity index (χ1) is 9.84. The van der Waals surface area contributed by atoms with E-state index in [1.807, 2.05) is 16.8 Å². The molecule has 0 spiro atoms. The van der Waals surface area contributed by atoms with Crippen molar-refractivity contribution in [2.75, 3.05) is 0 Å². The van der Waals surface area contributed by atoms with Gasteiger partial charge in [-0.1, -0.05) is 46.2 Å². The van der Waals surface area contributed by atoms with Gasteiger partial charge in [-0.15, -0.1) is 0 Å². The molecule has 0 atom stereocenters. The zero-order valence-electron chi connectivity index (χ0n) is 13.8. The lowest BCUT2D eigenvalue weighted by Crippen LogP contribution is -2.20. The van der Waals surface area contributed by atoms with Crippen LogP contribution in [0.15, 0.2) is 29.1 Å². The summed E-state index contributed by atoms with van der Waals surface area (Å²) in [6, 6.07) is 8.25. The van der Waals surface area contributed by atoms with Crippen molar-refractivity contribution in [3.05, 3.63) is 51.4 Å². The van der Waals surface area contributed by atoms with E-state index in [0.717, 1.165) is 36.2 Å². The SMILES string of the molecule is CCCCc1c(C(C)(C)C)n(-c2cccc(C)c2)[nH]c1=O. The van der Waals surface area contributed by atoms with Gasteiger partial charge in [0.05, 0.1) is 11.4 Å². The molecule has 1 aromatic carbocycles. The molecule has 21 heavy (non-hydrogen) atoms. The molecule has 1 N–H and O–H groups in total. The van der Waals surface area contributed by atoms with E-state index in [1.54, 1.807) is 0 Å². The zero-order chi connectivity index (χ0) is 15.6. The fraction of sp³-hybridized carbons (Fsp3) is 0.500. The molecule has 0 radical (unpaired) electrons. The first-order valence-electron chi connectivity index (χ1n) is 7.76. The third-order valence-corrected chi connectivity index (χ3v) is 3.75. The quantitative estimate of drug-likeness (QED) is 0.902. The molecule has 3 nitrogen and oxygen atoms in total. The van der Waals surface area contributed by atoms with Gasteiger partial charge >= 0.3 is 0 Å². The molecule has 1 aromatic heterocycles. The lowest BCUT2D eigenvalue weighted by Gasteiger charge is -2.23. The van der Waals surface area contributed by atoms with E-state index in [1.165, 1.54) is 5.56 Å². The van der Waals surface area contributed by atoms with E-state index in [4.69, 9.17) is 0 Å². The van der Waals surface area contributed by atoms with Crippen LogP contribution in [0.2, 0.25) is 0 Å². The first-order valence-corrected chi connectivity index (χ1v) is 7.76. The van der Waals surface area contributed by atoms with E-state index >= 15 is 0 Å². The van der Waals surface area contributed by atoms with Crippen LogP contribution in [0.5, 0.6) is 0 Å². The number of nitrogens with one attached hydrogen (secondary N) is 1. The summed E-state index contributed by atoms with van der Waals surface area (Å²) < 4.78 is 1.97. The molecule has 2 aromatic rings. The molecule has 0 aliphatic carbocycles. The molecule has 1 heterocycles. The van der Waals surface area contributed by atoms with Gasteiger partial charge in [0.2, 0.25) is 0 Å². The summed E-state index contributed by atoms with van der Waals surface area (Å²) in [5.41, 5.74) is 4.23. The van der Waals surface area contributed by atoms with Crippen molar-refractivity contribution in [2.24, 2.45) is 0 Å². The molecule has 0 saturated heterocycles. The van der Waals surface area contributed by atoms with Gasteiger partial charge in [-0.3, -0.25) is 14.6 Å². The summed E-state index contributed by atoms with van der Waals surface area (Å²) >= 11 is 0. The van der Waals surface area contributed by atoms with Crippen molar-refractivity contribution < 1.29 is 0 Å². The molecule has 2 rings (SSSR count). The van der Waals surface area contributed by atoms with Gasteiger partial charge in [-0.25, -0.2) is 0 Å². The Morgan fingerprint density at radius 2 is 1.95 bits per heavy atom. The van der Waals surface area contributed by atoms with Crippen molar-refractivity contribution >= 4 is 0 Å². The summed E-state index contributed by atoms with van der Waals surface area (Å²) in [6.07, 6.45) is 2.99. The third kappa shape index (κ3) is 3.29. The largest absolute Gasteiger partial charge is 0.268 e. The first kappa shape index (κ1) is 15.6. The Morgan fingerprint density at radius 3 is 2.52 bits per heavy atom. The van der Waals surface area contributed by atoms with Crippen LogP contribution in [0.4, 0.5) is 0 Å². The summed E-state index contributed by atoms with van der Waals surface area (Å²) in [5, 5.41) is 3.03. The number of hydrogen-bond acceptors (Lipinski definition) is 1. The number of hydrogen-bond donors (Lipinski definition) is 1. The Bertz CT molecular complexity index is 671. The Hall–Kier alpha value is -1.77. The lowest BCUT2D eigenvalue weighted by molar-refractivity contribution is 0.536. The highest BCUT2D eigenvalue weighted by Gasteiger charge is 2.26. The van der Waals surface area contributed by atoms with Gasteiger partial charge < -0.3 is 0 Å². The van der Waals surface area contributed by atoms with E-state index in [9.17, 15) is 4.79 Å². The second kappa shape index (κ2) is 5.92. The molecule has 0 aliphatic rings. The van der Waals surface area contributed by atoms with Crippen LogP contribution < -0.4 is 5.56 Å². The van der Waals surface area contributed by atoms with Crippen molar-refractivity contribution in [3.63, 3.8) is 0 Å². The molecule has 0 aliphatic heterocycles. The van der Waals surface area contributed by atoms with E-state index < -0.39 is 0 Å². The molecular weight excluding hydrogens is 260 g/mol. The molecule has 114 valence electrons. The maximum Gasteiger partial charge on any atom is 0.267 e. The maximum atomic E-state index is 12.4. The molecule has 3 heteroatoms. The van der Waals surface area contributed by atoms with E-state index in [2.05, 4.69) is 51.9 Å². The van der Waals surface area contributed by atoms with Crippen molar-refractivity contribution in [1.29, 1.82) is 0 Å². The summed E-state index contributed by atoms with van der Waals surface area (Å²) in [7, 11) is 0. The minimum absolute atomic E-state index is 0.0508. The minimum Gasteiger partial charge on any atom is -0.268 e. The van der Waals surface area contributed by atoms with Crippen molar-refractivity contribution in [3.8, 4) is 5.69 Å². The summed E-state index contributed by atoms with van der Waals surface area (Å²) in [5.74, 6) is 0. The van der Waals surface area contributed by atoms with Crippen molar-refractivity contribution in [1.82, 2.24) is 9.78 Å². The monoisotopic (exact) mass is 286 g/mol. The van der Waals surface area contributed by atoms with Crippen LogP contribution >= 0.6 is 0 Å². The average molecular weight is 286 g/mol.